The van der Waals surface area contributed by atoms with Gasteiger partial charge in [-0.25, -0.2) is 0 Å². The number of thiocarbonyl (C=S) groups is 1. The Bertz CT molecular complexity index is 499. The van der Waals surface area contributed by atoms with Crippen LogP contribution in [0.3, 0.4) is 0 Å². The first-order chi connectivity index (χ1) is 8.86. The molecule has 0 aliphatic rings. The third kappa shape index (κ3) is 3.13. The van der Waals surface area contributed by atoms with Crippen LogP contribution in [0.5, 0.6) is 0 Å². The maximum Gasteiger partial charge on any atom is 0.237 e. The molecule has 0 radical (unpaired) electrons. The van der Waals surface area contributed by atoms with Crippen molar-refractivity contribution in [3.63, 3.8) is 0 Å². The van der Waals surface area contributed by atoms with E-state index in [2.05, 4.69) is 12.2 Å². The Morgan fingerprint density at radius 1 is 1.42 bits per heavy atom. The minimum Gasteiger partial charge on any atom is -0.392 e. The molecule has 4 heteroatoms. The van der Waals surface area contributed by atoms with Crippen LogP contribution in [0.25, 0.3) is 0 Å². The van der Waals surface area contributed by atoms with Crippen LogP contribution in [0.4, 0.5) is 5.69 Å². The number of carbonyl (C=O) groups is 1. The summed E-state index contributed by atoms with van der Waals surface area (Å²) in [7, 11) is 0. The molecule has 104 valence electrons. The number of carbonyl (C=O) groups excluding carboxylic acids is 1. The number of anilines is 1. The fourth-order valence-corrected chi connectivity index (χ4v) is 2.14. The highest BCUT2D eigenvalue weighted by molar-refractivity contribution is 7.80. The number of para-hydroxylation sites is 1. The van der Waals surface area contributed by atoms with Gasteiger partial charge in [0, 0.05) is 5.69 Å². The molecule has 0 heterocycles. The van der Waals surface area contributed by atoms with E-state index in [0.717, 1.165) is 23.2 Å². The highest BCUT2D eigenvalue weighted by Gasteiger charge is 2.35. The van der Waals surface area contributed by atoms with Crippen LogP contribution in [-0.2, 0) is 11.2 Å². The van der Waals surface area contributed by atoms with Gasteiger partial charge < -0.3 is 11.1 Å². The Hall–Kier alpha value is -1.42. The summed E-state index contributed by atoms with van der Waals surface area (Å²) in [4.78, 5) is 12.7. The minimum absolute atomic E-state index is 0.133. The average molecular weight is 278 g/mol. The summed E-state index contributed by atoms with van der Waals surface area (Å²) in [6.07, 6.45) is 1.45. The summed E-state index contributed by atoms with van der Waals surface area (Å²) in [5, 5.41) is 3.00. The Labute approximate surface area is 120 Å². The molecule has 1 aromatic carbocycles. The van der Waals surface area contributed by atoms with E-state index in [4.69, 9.17) is 18.0 Å². The maximum atomic E-state index is 12.4. The van der Waals surface area contributed by atoms with Crippen LogP contribution < -0.4 is 11.1 Å². The van der Waals surface area contributed by atoms with Gasteiger partial charge in [0.05, 0.1) is 10.4 Å². The second kappa shape index (κ2) is 6.15. The summed E-state index contributed by atoms with van der Waals surface area (Å²) in [5.41, 5.74) is 7.96. The van der Waals surface area contributed by atoms with Crippen LogP contribution in [0.1, 0.15) is 38.3 Å². The molecule has 1 amide bonds. The van der Waals surface area contributed by atoms with E-state index in [-0.39, 0.29) is 10.9 Å². The van der Waals surface area contributed by atoms with Gasteiger partial charge in [0.25, 0.3) is 0 Å². The largest absolute Gasteiger partial charge is 0.392 e. The lowest BCUT2D eigenvalue weighted by atomic mass is 9.86. The summed E-state index contributed by atoms with van der Waals surface area (Å²) in [6.45, 7) is 7.75. The number of nitrogens with two attached hydrogens (primary N) is 1. The number of hydrogen-bond donors (Lipinski definition) is 2. The minimum atomic E-state index is -0.803. The van der Waals surface area contributed by atoms with Crippen molar-refractivity contribution < 1.29 is 4.79 Å². The molecule has 1 aromatic rings. The molecule has 0 spiro atoms. The highest BCUT2D eigenvalue weighted by atomic mass is 32.1. The van der Waals surface area contributed by atoms with Crippen LogP contribution in [0.15, 0.2) is 18.2 Å². The van der Waals surface area contributed by atoms with Gasteiger partial charge in [0.2, 0.25) is 5.91 Å². The van der Waals surface area contributed by atoms with Crippen molar-refractivity contribution >= 4 is 28.8 Å². The van der Waals surface area contributed by atoms with Crippen molar-refractivity contribution in [2.75, 3.05) is 5.32 Å². The summed E-state index contributed by atoms with van der Waals surface area (Å²) < 4.78 is 0. The molecular formula is C15H22N2OS. The molecule has 1 rings (SSSR count). The fraction of sp³-hybridized carbons (Fsp3) is 0.467. The first-order valence-corrected chi connectivity index (χ1v) is 6.97. The molecule has 0 fully saturated rings. The topological polar surface area (TPSA) is 55.1 Å². The van der Waals surface area contributed by atoms with E-state index in [1.807, 2.05) is 32.0 Å². The molecule has 19 heavy (non-hydrogen) atoms. The molecule has 3 N–H and O–H groups in total. The third-order valence-corrected chi connectivity index (χ3v) is 4.18. The first kappa shape index (κ1) is 15.6. The lowest BCUT2D eigenvalue weighted by Crippen LogP contribution is -2.43. The van der Waals surface area contributed by atoms with E-state index in [1.54, 1.807) is 6.92 Å². The van der Waals surface area contributed by atoms with Crippen molar-refractivity contribution in [1.82, 2.24) is 0 Å². The predicted molar refractivity (Wildman–Crippen MR) is 84.4 cm³/mol. The SMILES string of the molecule is CCc1cccc(C)c1NC(=O)C(C)(CC)C(N)=S. The summed E-state index contributed by atoms with van der Waals surface area (Å²) >= 11 is 5.03. The van der Waals surface area contributed by atoms with E-state index in [1.165, 1.54) is 0 Å². The molecule has 1 atom stereocenters. The number of hydrogen-bond acceptors (Lipinski definition) is 2. The molecule has 0 aliphatic heterocycles. The van der Waals surface area contributed by atoms with Crippen LogP contribution in [0.2, 0.25) is 0 Å². The monoisotopic (exact) mass is 278 g/mol. The molecule has 0 saturated carbocycles. The van der Waals surface area contributed by atoms with Crippen molar-refractivity contribution in [2.45, 2.75) is 40.5 Å². The zero-order chi connectivity index (χ0) is 14.6. The smallest absolute Gasteiger partial charge is 0.237 e. The van der Waals surface area contributed by atoms with Crippen molar-refractivity contribution in [3.8, 4) is 0 Å². The van der Waals surface area contributed by atoms with E-state index >= 15 is 0 Å². The number of nitrogens with one attached hydrogen (secondary N) is 1. The van der Waals surface area contributed by atoms with Gasteiger partial charge in [0.1, 0.15) is 0 Å². The van der Waals surface area contributed by atoms with E-state index < -0.39 is 5.41 Å². The molecule has 0 bridgehead atoms. The second-order valence-electron chi connectivity index (χ2n) is 4.97. The van der Waals surface area contributed by atoms with E-state index in [0.29, 0.717) is 6.42 Å². The molecule has 1 unspecified atom stereocenters. The van der Waals surface area contributed by atoms with Crippen LogP contribution in [0, 0.1) is 12.3 Å². The third-order valence-electron chi connectivity index (χ3n) is 3.73. The molecular weight excluding hydrogens is 256 g/mol. The lowest BCUT2D eigenvalue weighted by molar-refractivity contribution is -0.121. The van der Waals surface area contributed by atoms with Gasteiger partial charge in [-0.15, -0.1) is 0 Å². The predicted octanol–water partition coefficient (Wildman–Crippen LogP) is 3.20. The number of benzene rings is 1. The quantitative estimate of drug-likeness (QED) is 0.813. The lowest BCUT2D eigenvalue weighted by Gasteiger charge is -2.26. The Morgan fingerprint density at radius 3 is 2.53 bits per heavy atom. The van der Waals surface area contributed by atoms with Crippen LogP contribution in [-0.4, -0.2) is 10.9 Å². The molecule has 0 aliphatic carbocycles. The highest BCUT2D eigenvalue weighted by Crippen LogP contribution is 2.27. The molecule has 0 aromatic heterocycles. The van der Waals surface area contributed by atoms with Crippen molar-refractivity contribution in [3.05, 3.63) is 29.3 Å². The zero-order valence-electron chi connectivity index (χ0n) is 12.0. The Morgan fingerprint density at radius 2 is 2.05 bits per heavy atom. The number of amides is 1. The standard InChI is InChI=1S/C15H22N2OS/c1-5-11-9-7-8-10(3)12(11)17-14(18)15(4,6-2)13(16)19/h7-9H,5-6H2,1-4H3,(H2,16,19)(H,17,18). The second-order valence-corrected chi connectivity index (χ2v) is 5.41. The Balaban J connectivity index is 3.10. The number of rotatable bonds is 5. The molecule has 3 nitrogen and oxygen atoms in total. The first-order valence-electron chi connectivity index (χ1n) is 6.56. The van der Waals surface area contributed by atoms with Crippen molar-refractivity contribution in [1.29, 1.82) is 0 Å². The molecule has 0 saturated heterocycles. The summed E-state index contributed by atoms with van der Waals surface area (Å²) in [5.74, 6) is -0.133. The van der Waals surface area contributed by atoms with Crippen LogP contribution >= 0.6 is 12.2 Å². The van der Waals surface area contributed by atoms with Gasteiger partial charge in [0.15, 0.2) is 0 Å². The van der Waals surface area contributed by atoms with Gasteiger partial charge >= 0.3 is 0 Å². The van der Waals surface area contributed by atoms with Gasteiger partial charge in [-0.1, -0.05) is 44.3 Å². The normalized spacial score (nSPS) is 13.7. The number of aryl methyl sites for hydroxylation is 2. The maximum absolute atomic E-state index is 12.4. The average Bonchev–Trinajstić information content (AvgIpc) is 2.39. The Kier molecular flexibility index (Phi) is 5.06. The van der Waals surface area contributed by atoms with Gasteiger partial charge in [-0.3, -0.25) is 4.79 Å². The van der Waals surface area contributed by atoms with Gasteiger partial charge in [-0.05, 0) is 37.8 Å². The zero-order valence-corrected chi connectivity index (χ0v) is 12.9. The van der Waals surface area contributed by atoms with Crippen molar-refractivity contribution in [2.24, 2.45) is 11.1 Å². The van der Waals surface area contributed by atoms with E-state index in [9.17, 15) is 4.79 Å². The van der Waals surface area contributed by atoms with Gasteiger partial charge in [-0.2, -0.15) is 0 Å². The fourth-order valence-electron chi connectivity index (χ4n) is 1.90. The summed E-state index contributed by atoms with van der Waals surface area (Å²) in [6, 6.07) is 6.00.